The number of hydrogen-bond donors (Lipinski definition) is 1. The molecular formula is C7H13ClO3S. The van der Waals surface area contributed by atoms with Crippen molar-refractivity contribution in [3.8, 4) is 0 Å². The predicted molar refractivity (Wildman–Crippen MR) is 47.6 cm³/mol. The maximum Gasteiger partial charge on any atom is 0.238 e. The van der Waals surface area contributed by atoms with E-state index in [0.29, 0.717) is 12.8 Å². The minimum Gasteiger partial charge on any atom is -0.393 e. The fraction of sp³-hybridized carbons (Fsp3) is 1.00. The molecule has 0 heterocycles. The highest BCUT2D eigenvalue weighted by Gasteiger charge is 2.58. The maximum atomic E-state index is 11.1. The molecule has 0 aromatic carbocycles. The van der Waals surface area contributed by atoms with Crippen molar-refractivity contribution in [1.29, 1.82) is 0 Å². The molecule has 2 unspecified atom stereocenters. The van der Waals surface area contributed by atoms with Crippen LogP contribution in [0.25, 0.3) is 0 Å². The predicted octanol–water partition coefficient (Wildman–Crippen LogP) is 1.10. The Morgan fingerprint density at radius 2 is 1.83 bits per heavy atom. The maximum absolute atomic E-state index is 11.1. The first kappa shape index (κ1) is 10.3. The van der Waals surface area contributed by atoms with Gasteiger partial charge in [-0.2, -0.15) is 0 Å². The van der Waals surface area contributed by atoms with E-state index in [-0.39, 0.29) is 5.92 Å². The lowest BCUT2D eigenvalue weighted by Crippen LogP contribution is -2.33. The zero-order valence-electron chi connectivity index (χ0n) is 7.12. The average molecular weight is 213 g/mol. The Morgan fingerprint density at radius 3 is 1.92 bits per heavy atom. The van der Waals surface area contributed by atoms with Crippen LogP contribution in [0.4, 0.5) is 0 Å². The fourth-order valence-electron chi connectivity index (χ4n) is 1.48. The zero-order chi connectivity index (χ0) is 9.57. The highest BCUT2D eigenvalue weighted by molar-refractivity contribution is 8.15. The van der Waals surface area contributed by atoms with Gasteiger partial charge >= 0.3 is 0 Å². The Kier molecular flexibility index (Phi) is 2.45. The van der Waals surface area contributed by atoms with E-state index in [4.69, 9.17) is 10.7 Å². The second-order valence-corrected chi connectivity index (χ2v) is 6.44. The molecular weight excluding hydrogens is 200 g/mol. The number of hydrogen-bond acceptors (Lipinski definition) is 3. The Balaban J connectivity index is 2.88. The molecule has 12 heavy (non-hydrogen) atoms. The normalized spacial score (nSPS) is 26.3. The summed E-state index contributed by atoms with van der Waals surface area (Å²) in [5, 5.41) is 9.24. The van der Waals surface area contributed by atoms with E-state index in [0.717, 1.165) is 0 Å². The molecule has 0 radical (unpaired) electrons. The SMILES string of the molecule is CC(O)C(C)C1(S(=O)(=O)Cl)CC1. The summed E-state index contributed by atoms with van der Waals surface area (Å²) >= 11 is 0. The lowest BCUT2D eigenvalue weighted by molar-refractivity contribution is 0.128. The Labute approximate surface area is 77.1 Å². The molecule has 0 aromatic rings. The number of halogens is 1. The van der Waals surface area contributed by atoms with E-state index < -0.39 is 19.9 Å². The van der Waals surface area contributed by atoms with Gasteiger partial charge in [-0.25, -0.2) is 8.42 Å². The van der Waals surface area contributed by atoms with E-state index in [1.54, 1.807) is 13.8 Å². The summed E-state index contributed by atoms with van der Waals surface area (Å²) in [6.07, 6.45) is 0.525. The smallest absolute Gasteiger partial charge is 0.238 e. The molecule has 1 fully saturated rings. The van der Waals surface area contributed by atoms with Gasteiger partial charge in [-0.05, 0) is 19.8 Å². The van der Waals surface area contributed by atoms with E-state index in [9.17, 15) is 13.5 Å². The molecule has 1 aliphatic rings. The van der Waals surface area contributed by atoms with Gasteiger partial charge in [0.1, 0.15) is 0 Å². The molecule has 3 nitrogen and oxygen atoms in total. The average Bonchev–Trinajstić information content (AvgIpc) is 2.62. The molecule has 0 aliphatic heterocycles. The summed E-state index contributed by atoms with van der Waals surface area (Å²) in [6.45, 7) is 3.31. The summed E-state index contributed by atoms with van der Waals surface area (Å²) in [4.78, 5) is 0. The zero-order valence-corrected chi connectivity index (χ0v) is 8.69. The molecule has 2 atom stereocenters. The summed E-state index contributed by atoms with van der Waals surface area (Å²) in [6, 6.07) is 0. The third kappa shape index (κ3) is 1.47. The molecule has 1 aliphatic carbocycles. The van der Waals surface area contributed by atoms with Crippen molar-refractivity contribution in [2.75, 3.05) is 0 Å². The molecule has 1 rings (SSSR count). The second-order valence-electron chi connectivity index (χ2n) is 3.53. The Hall–Kier alpha value is 0.200. The highest BCUT2D eigenvalue weighted by atomic mass is 35.7. The van der Waals surface area contributed by atoms with Crippen LogP contribution in [0.5, 0.6) is 0 Å². The van der Waals surface area contributed by atoms with Gasteiger partial charge in [0.25, 0.3) is 0 Å². The molecule has 1 N–H and O–H groups in total. The molecule has 0 aromatic heterocycles. The van der Waals surface area contributed by atoms with Gasteiger partial charge in [-0.3, -0.25) is 0 Å². The topological polar surface area (TPSA) is 54.4 Å². The van der Waals surface area contributed by atoms with Gasteiger partial charge in [0.05, 0.1) is 10.9 Å². The summed E-state index contributed by atoms with van der Waals surface area (Å²) in [5.41, 5.74) is 0. The van der Waals surface area contributed by atoms with Gasteiger partial charge in [-0.1, -0.05) is 6.92 Å². The molecule has 0 saturated heterocycles. The minimum absolute atomic E-state index is 0.278. The van der Waals surface area contributed by atoms with Crippen LogP contribution in [0.3, 0.4) is 0 Å². The third-order valence-corrected chi connectivity index (χ3v) is 5.45. The van der Waals surface area contributed by atoms with Gasteiger partial charge in [0.2, 0.25) is 9.05 Å². The standard InChI is InChI=1S/C7H13ClO3S/c1-5(6(2)9)7(3-4-7)12(8,10)11/h5-6,9H,3-4H2,1-2H3. The molecule has 5 heteroatoms. The second kappa shape index (κ2) is 2.86. The fourth-order valence-corrected chi connectivity index (χ4v) is 3.60. The Bertz CT molecular complexity index is 266. The first-order chi connectivity index (χ1) is 5.31. The van der Waals surface area contributed by atoms with Gasteiger partial charge in [0, 0.05) is 16.6 Å². The van der Waals surface area contributed by atoms with E-state index in [1.165, 1.54) is 0 Å². The van der Waals surface area contributed by atoms with Crippen molar-refractivity contribution in [3.63, 3.8) is 0 Å². The van der Waals surface area contributed by atoms with Crippen molar-refractivity contribution < 1.29 is 13.5 Å². The van der Waals surface area contributed by atoms with Crippen molar-refractivity contribution in [3.05, 3.63) is 0 Å². The van der Waals surface area contributed by atoms with Crippen LogP contribution >= 0.6 is 10.7 Å². The number of aliphatic hydroxyl groups is 1. The molecule has 0 amide bonds. The van der Waals surface area contributed by atoms with Crippen LogP contribution in [0.15, 0.2) is 0 Å². The van der Waals surface area contributed by atoms with Crippen LogP contribution < -0.4 is 0 Å². The first-order valence-corrected chi connectivity index (χ1v) is 6.24. The van der Waals surface area contributed by atoms with Crippen molar-refractivity contribution in [2.24, 2.45) is 5.92 Å². The van der Waals surface area contributed by atoms with E-state index in [2.05, 4.69) is 0 Å². The Morgan fingerprint density at radius 1 is 1.42 bits per heavy atom. The monoisotopic (exact) mass is 212 g/mol. The minimum atomic E-state index is -3.52. The van der Waals surface area contributed by atoms with Crippen molar-refractivity contribution in [1.82, 2.24) is 0 Å². The highest BCUT2D eigenvalue weighted by Crippen LogP contribution is 2.52. The van der Waals surface area contributed by atoms with Crippen LogP contribution in [-0.2, 0) is 9.05 Å². The van der Waals surface area contributed by atoms with E-state index >= 15 is 0 Å². The summed E-state index contributed by atoms with van der Waals surface area (Å²) in [5.74, 6) is -0.278. The summed E-state index contributed by atoms with van der Waals surface area (Å²) in [7, 11) is 1.76. The van der Waals surface area contributed by atoms with Gasteiger partial charge in [0.15, 0.2) is 0 Å². The van der Waals surface area contributed by atoms with Crippen molar-refractivity contribution >= 4 is 19.7 Å². The molecule has 0 bridgehead atoms. The summed E-state index contributed by atoms with van der Waals surface area (Å²) < 4.78 is 21.4. The van der Waals surface area contributed by atoms with Crippen LogP contribution in [0.2, 0.25) is 0 Å². The first-order valence-electron chi connectivity index (χ1n) is 3.93. The van der Waals surface area contributed by atoms with Gasteiger partial charge in [-0.15, -0.1) is 0 Å². The van der Waals surface area contributed by atoms with Crippen LogP contribution in [-0.4, -0.2) is 24.4 Å². The van der Waals surface area contributed by atoms with E-state index in [1.807, 2.05) is 0 Å². The van der Waals surface area contributed by atoms with Crippen LogP contribution in [0, 0.1) is 5.92 Å². The molecule has 0 spiro atoms. The molecule has 72 valence electrons. The third-order valence-electron chi connectivity index (χ3n) is 2.78. The largest absolute Gasteiger partial charge is 0.393 e. The quantitative estimate of drug-likeness (QED) is 0.713. The number of rotatable bonds is 3. The number of aliphatic hydroxyl groups excluding tert-OH is 1. The van der Waals surface area contributed by atoms with Gasteiger partial charge < -0.3 is 5.11 Å². The van der Waals surface area contributed by atoms with Crippen molar-refractivity contribution in [2.45, 2.75) is 37.5 Å². The lowest BCUT2D eigenvalue weighted by Gasteiger charge is -2.22. The molecule has 1 saturated carbocycles. The lowest BCUT2D eigenvalue weighted by atomic mass is 10.0. The van der Waals surface area contributed by atoms with Crippen LogP contribution in [0.1, 0.15) is 26.7 Å².